The third-order valence-corrected chi connectivity index (χ3v) is 5.03. The van der Waals surface area contributed by atoms with Crippen LogP contribution in [0.25, 0.3) is 0 Å². The highest BCUT2D eigenvalue weighted by atomic mass is 79.9. The van der Waals surface area contributed by atoms with Crippen molar-refractivity contribution in [2.75, 3.05) is 13.2 Å². The maximum atomic E-state index is 6.51. The fourth-order valence-corrected chi connectivity index (χ4v) is 3.87. The van der Waals surface area contributed by atoms with Crippen LogP contribution in [0, 0.1) is 5.41 Å². The molecule has 2 aliphatic rings. The predicted octanol–water partition coefficient (Wildman–Crippen LogP) is 3.97. The summed E-state index contributed by atoms with van der Waals surface area (Å²) in [5.41, 5.74) is 9.22. The molecule has 20 heavy (non-hydrogen) atoms. The second-order valence-corrected chi connectivity index (χ2v) is 7.46. The smallest absolute Gasteiger partial charge is 0.166 e. The molecule has 1 aliphatic heterocycles. The highest BCUT2D eigenvalue weighted by Crippen LogP contribution is 2.48. The molecule has 1 atom stereocenters. The van der Waals surface area contributed by atoms with Gasteiger partial charge in [-0.1, -0.05) is 29.8 Å². The van der Waals surface area contributed by atoms with Crippen LogP contribution in [0.4, 0.5) is 0 Å². The molecule has 1 aromatic rings. The first-order valence-electron chi connectivity index (χ1n) is 7.34. The van der Waals surface area contributed by atoms with Crippen molar-refractivity contribution in [1.29, 1.82) is 0 Å². The topological polar surface area (TPSA) is 44.5 Å². The fraction of sp³-hybridized carbons (Fsp3) is 0.625. The maximum Gasteiger partial charge on any atom is 0.166 e. The summed E-state index contributed by atoms with van der Waals surface area (Å²) in [7, 11) is 0. The third-order valence-electron chi connectivity index (χ3n) is 4.33. The molecule has 3 rings (SSSR count). The van der Waals surface area contributed by atoms with Gasteiger partial charge < -0.3 is 15.2 Å². The van der Waals surface area contributed by atoms with Gasteiger partial charge >= 0.3 is 0 Å². The van der Waals surface area contributed by atoms with Crippen molar-refractivity contribution in [3.8, 4) is 11.5 Å². The lowest BCUT2D eigenvalue weighted by molar-refractivity contribution is 0.284. The van der Waals surface area contributed by atoms with Crippen LogP contribution in [0.1, 0.15) is 50.3 Å². The van der Waals surface area contributed by atoms with Crippen molar-refractivity contribution in [3.63, 3.8) is 0 Å². The van der Waals surface area contributed by atoms with E-state index in [1.165, 1.54) is 5.56 Å². The van der Waals surface area contributed by atoms with Crippen molar-refractivity contribution >= 4 is 15.9 Å². The van der Waals surface area contributed by atoms with Gasteiger partial charge in [-0.15, -0.1) is 0 Å². The molecule has 0 fully saturated rings. The molecule has 0 bridgehead atoms. The first-order valence-corrected chi connectivity index (χ1v) is 8.14. The molecular formula is C16H22BrNO2. The summed E-state index contributed by atoms with van der Waals surface area (Å²) in [6.07, 6.45) is 4.08. The largest absolute Gasteiger partial charge is 0.490 e. The van der Waals surface area contributed by atoms with E-state index in [2.05, 4.69) is 29.8 Å². The minimum absolute atomic E-state index is 0.00968. The lowest BCUT2D eigenvalue weighted by Crippen LogP contribution is -2.20. The van der Waals surface area contributed by atoms with E-state index in [0.29, 0.717) is 13.2 Å². The number of nitrogens with two attached hydrogens (primary N) is 1. The Kier molecular flexibility index (Phi) is 3.71. The van der Waals surface area contributed by atoms with E-state index in [-0.39, 0.29) is 11.5 Å². The lowest BCUT2D eigenvalue weighted by atomic mass is 9.83. The highest BCUT2D eigenvalue weighted by Gasteiger charge is 2.33. The minimum atomic E-state index is 0.00968. The predicted molar refractivity (Wildman–Crippen MR) is 83.4 cm³/mol. The van der Waals surface area contributed by atoms with Crippen molar-refractivity contribution < 1.29 is 9.47 Å². The number of rotatable bonds is 0. The van der Waals surface area contributed by atoms with Gasteiger partial charge in [0.1, 0.15) is 0 Å². The highest BCUT2D eigenvalue weighted by molar-refractivity contribution is 9.10. The Labute approximate surface area is 129 Å². The molecule has 1 heterocycles. The second-order valence-electron chi connectivity index (χ2n) is 6.60. The fourth-order valence-electron chi connectivity index (χ4n) is 3.25. The molecule has 1 aliphatic carbocycles. The summed E-state index contributed by atoms with van der Waals surface area (Å²) in [5.74, 6) is 1.72. The zero-order chi connectivity index (χ0) is 14.3. The van der Waals surface area contributed by atoms with E-state index in [0.717, 1.165) is 47.2 Å². The van der Waals surface area contributed by atoms with Gasteiger partial charge in [-0.25, -0.2) is 0 Å². The van der Waals surface area contributed by atoms with Crippen LogP contribution >= 0.6 is 15.9 Å². The van der Waals surface area contributed by atoms with Crippen LogP contribution < -0.4 is 15.2 Å². The zero-order valence-electron chi connectivity index (χ0n) is 12.2. The zero-order valence-corrected chi connectivity index (χ0v) is 13.8. The first-order chi connectivity index (χ1) is 9.48. The Morgan fingerprint density at radius 2 is 2.05 bits per heavy atom. The van der Waals surface area contributed by atoms with Gasteiger partial charge in [0.15, 0.2) is 11.5 Å². The minimum Gasteiger partial charge on any atom is -0.490 e. The van der Waals surface area contributed by atoms with Crippen LogP contribution in [0.2, 0.25) is 0 Å². The SMILES string of the molecule is CC1(C)CCc2c(Br)cc3c(c2C(N)C1)OCCCO3. The summed E-state index contributed by atoms with van der Waals surface area (Å²) in [6, 6.07) is 2.06. The number of fused-ring (bicyclic) bond motifs is 3. The van der Waals surface area contributed by atoms with Gasteiger partial charge in [-0.3, -0.25) is 0 Å². The van der Waals surface area contributed by atoms with E-state index in [1.807, 2.05) is 6.07 Å². The van der Waals surface area contributed by atoms with Crippen molar-refractivity contribution in [3.05, 3.63) is 21.7 Å². The Morgan fingerprint density at radius 3 is 2.85 bits per heavy atom. The monoisotopic (exact) mass is 339 g/mol. The van der Waals surface area contributed by atoms with E-state index in [1.54, 1.807) is 0 Å². The molecule has 3 nitrogen and oxygen atoms in total. The third kappa shape index (κ3) is 2.56. The standard InChI is InChI=1S/C16H22BrNO2/c1-16(2)5-4-10-11(17)8-13-15(14(10)12(18)9-16)20-7-3-6-19-13/h8,12H,3-7,9,18H2,1-2H3. The van der Waals surface area contributed by atoms with Gasteiger partial charge in [-0.2, -0.15) is 0 Å². The Hall–Kier alpha value is -0.740. The molecule has 110 valence electrons. The van der Waals surface area contributed by atoms with Crippen LogP contribution in [-0.4, -0.2) is 13.2 Å². The average molecular weight is 340 g/mol. The van der Waals surface area contributed by atoms with E-state index >= 15 is 0 Å². The number of hydrogen-bond donors (Lipinski definition) is 1. The normalized spacial score (nSPS) is 24.5. The number of halogens is 1. The molecule has 0 saturated carbocycles. The molecule has 1 unspecified atom stereocenters. The molecule has 0 amide bonds. The van der Waals surface area contributed by atoms with Gasteiger partial charge in [0, 0.05) is 22.5 Å². The molecule has 1 aromatic carbocycles. The summed E-state index contributed by atoms with van der Waals surface area (Å²) in [4.78, 5) is 0. The molecular weight excluding hydrogens is 318 g/mol. The molecule has 0 saturated heterocycles. The van der Waals surface area contributed by atoms with Crippen molar-refractivity contribution in [2.24, 2.45) is 11.1 Å². The summed E-state index contributed by atoms with van der Waals surface area (Å²) in [5, 5.41) is 0. The second kappa shape index (κ2) is 5.23. The maximum absolute atomic E-state index is 6.51. The Bertz CT molecular complexity index is 528. The van der Waals surface area contributed by atoms with E-state index < -0.39 is 0 Å². The quantitative estimate of drug-likeness (QED) is 0.727. The van der Waals surface area contributed by atoms with Gasteiger partial charge in [0.05, 0.1) is 13.2 Å². The number of benzene rings is 1. The molecule has 0 spiro atoms. The molecule has 2 N–H and O–H groups in total. The van der Waals surface area contributed by atoms with Crippen LogP contribution in [0.5, 0.6) is 11.5 Å². The average Bonchev–Trinajstić information content (AvgIpc) is 2.65. The lowest BCUT2D eigenvalue weighted by Gasteiger charge is -2.25. The van der Waals surface area contributed by atoms with Gasteiger partial charge in [-0.05, 0) is 36.3 Å². The van der Waals surface area contributed by atoms with Gasteiger partial charge in [0.2, 0.25) is 0 Å². The number of ether oxygens (including phenoxy) is 2. The molecule has 4 heteroatoms. The van der Waals surface area contributed by atoms with Crippen molar-refractivity contribution in [1.82, 2.24) is 0 Å². The van der Waals surface area contributed by atoms with E-state index in [4.69, 9.17) is 15.2 Å². The van der Waals surface area contributed by atoms with Gasteiger partial charge in [0.25, 0.3) is 0 Å². The van der Waals surface area contributed by atoms with Crippen LogP contribution in [-0.2, 0) is 6.42 Å². The van der Waals surface area contributed by atoms with Crippen molar-refractivity contribution in [2.45, 2.75) is 45.6 Å². The Balaban J connectivity index is 2.14. The van der Waals surface area contributed by atoms with Crippen LogP contribution in [0.15, 0.2) is 10.5 Å². The van der Waals surface area contributed by atoms with E-state index in [9.17, 15) is 0 Å². The summed E-state index contributed by atoms with van der Waals surface area (Å²) < 4.78 is 12.9. The number of hydrogen-bond acceptors (Lipinski definition) is 3. The first kappa shape index (κ1) is 14.2. The summed E-state index contributed by atoms with van der Waals surface area (Å²) in [6.45, 7) is 6.00. The summed E-state index contributed by atoms with van der Waals surface area (Å²) >= 11 is 3.70. The Morgan fingerprint density at radius 1 is 1.30 bits per heavy atom. The van der Waals surface area contributed by atoms with Crippen LogP contribution in [0.3, 0.4) is 0 Å². The molecule has 0 aromatic heterocycles. The molecule has 0 radical (unpaired) electrons.